The Labute approximate surface area is 114 Å². The highest BCUT2D eigenvalue weighted by Crippen LogP contribution is 2.22. The van der Waals surface area contributed by atoms with Crippen molar-refractivity contribution in [2.45, 2.75) is 0 Å². The number of phenols is 1. The number of benzene rings is 2. The van der Waals surface area contributed by atoms with Gasteiger partial charge >= 0.3 is 0 Å². The summed E-state index contributed by atoms with van der Waals surface area (Å²) in [6.07, 6.45) is 1.36. The van der Waals surface area contributed by atoms with Gasteiger partial charge in [-0.2, -0.15) is 10.1 Å². The summed E-state index contributed by atoms with van der Waals surface area (Å²) in [5.41, 5.74) is 1.30. The highest BCUT2D eigenvalue weighted by Gasteiger charge is 2.35. The Morgan fingerprint density at radius 2 is 1.60 bits per heavy atom. The van der Waals surface area contributed by atoms with Crippen LogP contribution in [0.15, 0.2) is 53.6 Å². The molecule has 1 N–H and O–H groups in total. The van der Waals surface area contributed by atoms with E-state index in [0.717, 1.165) is 5.01 Å². The molecular weight excluding hydrogens is 256 g/mol. The second kappa shape index (κ2) is 4.62. The van der Waals surface area contributed by atoms with E-state index < -0.39 is 11.8 Å². The number of carbonyl (C=O) groups excluding carboxylic acids is 2. The number of amides is 2. The minimum absolute atomic E-state index is 0.0938. The van der Waals surface area contributed by atoms with E-state index in [-0.39, 0.29) is 5.75 Å². The standard InChI is InChI=1S/C15H10N2O3/c18-11-5-3-4-10(8-11)9-16-17-14(19)12-6-1-2-7-13(12)15(17)20/h1-9,18H/b16-9+. The van der Waals surface area contributed by atoms with E-state index >= 15 is 0 Å². The van der Waals surface area contributed by atoms with E-state index in [1.165, 1.54) is 18.3 Å². The van der Waals surface area contributed by atoms with Gasteiger partial charge in [0.1, 0.15) is 5.75 Å². The lowest BCUT2D eigenvalue weighted by Gasteiger charge is -2.05. The van der Waals surface area contributed by atoms with Crippen molar-refractivity contribution in [1.82, 2.24) is 5.01 Å². The number of aromatic hydroxyl groups is 1. The van der Waals surface area contributed by atoms with Crippen LogP contribution in [0.25, 0.3) is 0 Å². The molecule has 20 heavy (non-hydrogen) atoms. The molecule has 2 amide bonds. The van der Waals surface area contributed by atoms with Crippen molar-refractivity contribution in [2.24, 2.45) is 5.10 Å². The van der Waals surface area contributed by atoms with Crippen LogP contribution < -0.4 is 0 Å². The van der Waals surface area contributed by atoms with Gasteiger partial charge in [-0.1, -0.05) is 24.3 Å². The number of fused-ring (bicyclic) bond motifs is 1. The van der Waals surface area contributed by atoms with Crippen LogP contribution >= 0.6 is 0 Å². The van der Waals surface area contributed by atoms with Gasteiger partial charge in [-0.3, -0.25) is 9.59 Å². The Bertz CT molecular complexity index is 702. The van der Waals surface area contributed by atoms with E-state index in [1.54, 1.807) is 36.4 Å². The molecule has 0 radical (unpaired) electrons. The minimum atomic E-state index is -0.443. The molecule has 5 nitrogen and oxygen atoms in total. The summed E-state index contributed by atoms with van der Waals surface area (Å²) in [5.74, 6) is -0.791. The predicted octanol–water partition coefficient (Wildman–Crippen LogP) is 2.02. The van der Waals surface area contributed by atoms with Crippen molar-refractivity contribution in [2.75, 3.05) is 0 Å². The molecule has 5 heteroatoms. The van der Waals surface area contributed by atoms with E-state index in [0.29, 0.717) is 16.7 Å². The molecule has 1 heterocycles. The van der Waals surface area contributed by atoms with Gasteiger partial charge in [-0.05, 0) is 29.8 Å². The first-order chi connectivity index (χ1) is 9.66. The molecule has 0 unspecified atom stereocenters. The van der Waals surface area contributed by atoms with Gasteiger partial charge < -0.3 is 5.11 Å². The van der Waals surface area contributed by atoms with Crippen LogP contribution in [0, 0.1) is 0 Å². The van der Waals surface area contributed by atoms with Crippen LogP contribution in [0.5, 0.6) is 5.75 Å². The van der Waals surface area contributed by atoms with E-state index in [4.69, 9.17) is 0 Å². The largest absolute Gasteiger partial charge is 0.508 e. The molecule has 0 spiro atoms. The summed E-state index contributed by atoms with van der Waals surface area (Å²) >= 11 is 0. The fourth-order valence-electron chi connectivity index (χ4n) is 2.01. The van der Waals surface area contributed by atoms with Crippen LogP contribution in [-0.2, 0) is 0 Å². The maximum atomic E-state index is 12.0. The topological polar surface area (TPSA) is 70.0 Å². The van der Waals surface area contributed by atoms with Crippen molar-refractivity contribution in [3.05, 3.63) is 65.2 Å². The summed E-state index contributed by atoms with van der Waals surface area (Å²) in [4.78, 5) is 24.1. The van der Waals surface area contributed by atoms with Gasteiger partial charge in [0, 0.05) is 0 Å². The van der Waals surface area contributed by atoms with Crippen LogP contribution in [0.4, 0.5) is 0 Å². The highest BCUT2D eigenvalue weighted by atomic mass is 16.3. The molecule has 0 bridgehead atoms. The maximum Gasteiger partial charge on any atom is 0.282 e. The third-order valence-corrected chi connectivity index (χ3v) is 2.97. The molecule has 0 aliphatic carbocycles. The average Bonchev–Trinajstić information content (AvgIpc) is 2.70. The number of phenolic OH excluding ortho intramolecular Hbond substituents is 1. The van der Waals surface area contributed by atoms with Crippen molar-refractivity contribution in [3.63, 3.8) is 0 Å². The number of imide groups is 1. The fraction of sp³-hybridized carbons (Fsp3) is 0. The molecule has 1 aliphatic heterocycles. The molecule has 0 atom stereocenters. The zero-order valence-corrected chi connectivity index (χ0v) is 10.4. The number of nitrogens with zero attached hydrogens (tertiary/aromatic N) is 2. The highest BCUT2D eigenvalue weighted by molar-refractivity contribution is 6.21. The lowest BCUT2D eigenvalue weighted by molar-refractivity contribution is 0.0660. The smallest absolute Gasteiger partial charge is 0.282 e. The van der Waals surface area contributed by atoms with Crippen molar-refractivity contribution < 1.29 is 14.7 Å². The average molecular weight is 266 g/mol. The predicted molar refractivity (Wildman–Crippen MR) is 72.6 cm³/mol. The molecular formula is C15H10N2O3. The lowest BCUT2D eigenvalue weighted by Crippen LogP contribution is -2.23. The van der Waals surface area contributed by atoms with Crippen molar-refractivity contribution in [1.29, 1.82) is 0 Å². The summed E-state index contributed by atoms with van der Waals surface area (Å²) in [6, 6.07) is 13.0. The second-order valence-electron chi connectivity index (χ2n) is 4.31. The zero-order valence-electron chi connectivity index (χ0n) is 10.4. The molecule has 2 aromatic carbocycles. The number of rotatable bonds is 2. The number of carbonyl (C=O) groups is 2. The summed E-state index contributed by atoms with van der Waals surface area (Å²) in [7, 11) is 0. The van der Waals surface area contributed by atoms with Gasteiger partial charge in [0.25, 0.3) is 11.8 Å². The fourth-order valence-corrected chi connectivity index (χ4v) is 2.01. The zero-order chi connectivity index (χ0) is 14.1. The third-order valence-electron chi connectivity index (χ3n) is 2.97. The first-order valence-electron chi connectivity index (χ1n) is 5.97. The molecule has 0 aromatic heterocycles. The molecule has 3 rings (SSSR count). The van der Waals surface area contributed by atoms with Gasteiger partial charge in [-0.15, -0.1) is 0 Å². The molecule has 0 saturated carbocycles. The van der Waals surface area contributed by atoms with Gasteiger partial charge in [0.2, 0.25) is 0 Å². The van der Waals surface area contributed by atoms with Gasteiger partial charge in [0.15, 0.2) is 0 Å². The SMILES string of the molecule is O=C1c2ccccc2C(=O)N1/N=C/c1cccc(O)c1. The van der Waals surface area contributed by atoms with Crippen molar-refractivity contribution >= 4 is 18.0 Å². The summed E-state index contributed by atoms with van der Waals surface area (Å²) < 4.78 is 0. The molecule has 98 valence electrons. The number of hydrogen-bond donors (Lipinski definition) is 1. The lowest BCUT2D eigenvalue weighted by atomic mass is 10.1. The molecule has 2 aromatic rings. The number of hydrogen-bond acceptors (Lipinski definition) is 4. The minimum Gasteiger partial charge on any atom is -0.508 e. The third kappa shape index (κ3) is 1.95. The Morgan fingerprint density at radius 3 is 2.20 bits per heavy atom. The first-order valence-corrected chi connectivity index (χ1v) is 5.97. The van der Waals surface area contributed by atoms with Crippen LogP contribution in [0.1, 0.15) is 26.3 Å². The monoisotopic (exact) mass is 266 g/mol. The van der Waals surface area contributed by atoms with Crippen LogP contribution in [0.3, 0.4) is 0 Å². The maximum absolute atomic E-state index is 12.0. The van der Waals surface area contributed by atoms with Gasteiger partial charge in [-0.25, -0.2) is 0 Å². The second-order valence-corrected chi connectivity index (χ2v) is 4.31. The summed E-state index contributed by atoms with van der Waals surface area (Å²) in [5, 5.41) is 14.1. The Morgan fingerprint density at radius 1 is 0.950 bits per heavy atom. The first kappa shape index (κ1) is 12.1. The van der Waals surface area contributed by atoms with E-state index in [9.17, 15) is 14.7 Å². The van der Waals surface area contributed by atoms with Crippen LogP contribution in [0.2, 0.25) is 0 Å². The summed E-state index contributed by atoms with van der Waals surface area (Å²) in [6.45, 7) is 0. The number of hydrazone groups is 1. The van der Waals surface area contributed by atoms with Crippen molar-refractivity contribution in [3.8, 4) is 5.75 Å². The Kier molecular flexibility index (Phi) is 2.80. The quantitative estimate of drug-likeness (QED) is 0.667. The molecule has 0 fully saturated rings. The van der Waals surface area contributed by atoms with Gasteiger partial charge in [0.05, 0.1) is 17.3 Å². The molecule has 0 saturated heterocycles. The van der Waals surface area contributed by atoms with E-state index in [2.05, 4.69) is 5.10 Å². The Hall–Kier alpha value is -2.95. The van der Waals surface area contributed by atoms with E-state index in [1.807, 2.05) is 0 Å². The molecule has 1 aliphatic rings. The van der Waals surface area contributed by atoms with Crippen LogP contribution in [-0.4, -0.2) is 28.1 Å². The Balaban J connectivity index is 1.90. The normalized spacial score (nSPS) is 14.1.